The minimum atomic E-state index is -2.50. The van der Waals surface area contributed by atoms with Gasteiger partial charge >= 0.3 is 0 Å². The molecule has 27 heavy (non-hydrogen) atoms. The number of benzene rings is 1. The van der Waals surface area contributed by atoms with Gasteiger partial charge in [-0.3, -0.25) is 4.79 Å². The van der Waals surface area contributed by atoms with Gasteiger partial charge in [0.15, 0.2) is 5.96 Å². The van der Waals surface area contributed by atoms with Gasteiger partial charge in [0.05, 0.1) is 6.54 Å². The molecule has 0 aliphatic heterocycles. The lowest BCUT2D eigenvalue weighted by atomic mass is 10.2. The molecule has 2 rings (SSSR count). The fraction of sp³-hybridized carbons (Fsp3) is 0.556. The third-order valence-electron chi connectivity index (χ3n) is 3.70. The zero-order valence-corrected chi connectivity index (χ0v) is 17.7. The molecule has 6 nitrogen and oxygen atoms in total. The average molecular weight is 496 g/mol. The van der Waals surface area contributed by atoms with Crippen molar-refractivity contribution in [2.75, 3.05) is 26.2 Å². The molecule has 1 aliphatic rings. The molecule has 1 fully saturated rings. The number of amides is 1. The molecule has 1 aromatic rings. The van der Waals surface area contributed by atoms with Gasteiger partial charge in [-0.1, -0.05) is 12.1 Å². The van der Waals surface area contributed by atoms with E-state index in [9.17, 15) is 13.6 Å². The summed E-state index contributed by atoms with van der Waals surface area (Å²) in [5.74, 6) is 1.36. The standard InChI is InChI=1S/C18H26F2N4O2.HI/c1-2-21-18(23-9-8-22-17(25)14-6-7-14)24-11-13-4-3-5-15(10-13)26-12-16(19)20;/h3-5,10,14,16H,2,6-9,11-12H2,1H3,(H,22,25)(H2,21,23,24);1H. The Morgan fingerprint density at radius 2 is 2.00 bits per heavy atom. The minimum Gasteiger partial charge on any atom is -0.488 e. The van der Waals surface area contributed by atoms with Crippen LogP contribution in [0.5, 0.6) is 5.75 Å². The number of hydrogen-bond donors (Lipinski definition) is 3. The fourth-order valence-corrected chi connectivity index (χ4v) is 2.26. The van der Waals surface area contributed by atoms with Crippen LogP contribution in [0.25, 0.3) is 0 Å². The molecule has 0 radical (unpaired) electrons. The molecule has 1 saturated carbocycles. The number of ether oxygens (including phenoxy) is 1. The number of carbonyl (C=O) groups excluding carboxylic acids is 1. The summed E-state index contributed by atoms with van der Waals surface area (Å²) >= 11 is 0. The van der Waals surface area contributed by atoms with E-state index in [2.05, 4.69) is 20.9 Å². The summed E-state index contributed by atoms with van der Waals surface area (Å²) in [6.45, 7) is 3.54. The van der Waals surface area contributed by atoms with E-state index in [1.807, 2.05) is 13.0 Å². The molecule has 0 spiro atoms. The zero-order valence-electron chi connectivity index (χ0n) is 15.3. The highest BCUT2D eigenvalue weighted by molar-refractivity contribution is 14.0. The van der Waals surface area contributed by atoms with Gasteiger partial charge in [-0.25, -0.2) is 13.8 Å². The first-order valence-electron chi connectivity index (χ1n) is 8.88. The van der Waals surface area contributed by atoms with E-state index in [1.165, 1.54) is 0 Å². The molecule has 152 valence electrons. The second-order valence-corrected chi connectivity index (χ2v) is 6.04. The zero-order chi connectivity index (χ0) is 18.8. The van der Waals surface area contributed by atoms with Gasteiger partial charge in [0.1, 0.15) is 12.4 Å². The van der Waals surface area contributed by atoms with Gasteiger partial charge in [-0.05, 0) is 37.5 Å². The first-order valence-corrected chi connectivity index (χ1v) is 8.88. The molecule has 0 heterocycles. The summed E-state index contributed by atoms with van der Waals surface area (Å²) in [6, 6.07) is 6.95. The van der Waals surface area contributed by atoms with Gasteiger partial charge in [0, 0.05) is 25.6 Å². The van der Waals surface area contributed by atoms with Crippen molar-refractivity contribution in [2.45, 2.75) is 32.7 Å². The second kappa shape index (κ2) is 12.7. The Bertz CT molecular complexity index is 613. The van der Waals surface area contributed by atoms with Crippen LogP contribution in [0.2, 0.25) is 0 Å². The lowest BCUT2D eigenvalue weighted by Gasteiger charge is -2.12. The van der Waals surface area contributed by atoms with E-state index in [-0.39, 0.29) is 35.8 Å². The molecule has 0 bridgehead atoms. The lowest BCUT2D eigenvalue weighted by molar-refractivity contribution is -0.122. The molecule has 0 unspecified atom stereocenters. The first-order chi connectivity index (χ1) is 12.6. The Hall–Kier alpha value is -1.65. The number of halogens is 3. The van der Waals surface area contributed by atoms with Crippen LogP contribution in [-0.2, 0) is 11.3 Å². The number of hydrogen-bond acceptors (Lipinski definition) is 3. The maximum Gasteiger partial charge on any atom is 0.272 e. The van der Waals surface area contributed by atoms with E-state index in [1.54, 1.807) is 18.2 Å². The topological polar surface area (TPSA) is 74.8 Å². The van der Waals surface area contributed by atoms with Crippen molar-refractivity contribution in [3.8, 4) is 5.75 Å². The number of aliphatic imine (C=N–C) groups is 1. The summed E-state index contributed by atoms with van der Waals surface area (Å²) in [5, 5.41) is 9.17. The SMILES string of the molecule is CCNC(=NCc1cccc(OCC(F)F)c1)NCCNC(=O)C1CC1.I. The predicted octanol–water partition coefficient (Wildman–Crippen LogP) is 2.53. The molecular formula is C18H27F2IN4O2. The molecule has 0 saturated heterocycles. The molecular weight excluding hydrogens is 469 g/mol. The highest BCUT2D eigenvalue weighted by Gasteiger charge is 2.28. The Kier molecular flexibility index (Phi) is 11.0. The van der Waals surface area contributed by atoms with Crippen LogP contribution in [-0.4, -0.2) is 44.5 Å². The van der Waals surface area contributed by atoms with Crippen molar-refractivity contribution in [3.63, 3.8) is 0 Å². The monoisotopic (exact) mass is 496 g/mol. The Balaban J connectivity index is 0.00000364. The van der Waals surface area contributed by atoms with Crippen LogP contribution in [0, 0.1) is 5.92 Å². The van der Waals surface area contributed by atoms with E-state index in [0.717, 1.165) is 18.4 Å². The summed E-state index contributed by atoms with van der Waals surface area (Å²) in [6.07, 6.45) is -0.519. The molecule has 1 amide bonds. The van der Waals surface area contributed by atoms with Crippen molar-refractivity contribution in [1.29, 1.82) is 0 Å². The van der Waals surface area contributed by atoms with Crippen LogP contribution in [0.1, 0.15) is 25.3 Å². The van der Waals surface area contributed by atoms with Crippen molar-refractivity contribution >= 4 is 35.8 Å². The maximum absolute atomic E-state index is 12.2. The Morgan fingerprint density at radius 1 is 1.26 bits per heavy atom. The van der Waals surface area contributed by atoms with Gasteiger partial charge in [0.25, 0.3) is 6.43 Å². The normalized spacial score (nSPS) is 13.7. The van der Waals surface area contributed by atoms with Gasteiger partial charge < -0.3 is 20.7 Å². The number of alkyl halides is 2. The van der Waals surface area contributed by atoms with Gasteiger partial charge in [-0.2, -0.15) is 0 Å². The number of nitrogens with zero attached hydrogens (tertiary/aromatic N) is 1. The smallest absolute Gasteiger partial charge is 0.272 e. The second-order valence-electron chi connectivity index (χ2n) is 6.04. The Morgan fingerprint density at radius 3 is 2.67 bits per heavy atom. The van der Waals surface area contributed by atoms with E-state index in [0.29, 0.717) is 37.9 Å². The van der Waals surface area contributed by atoms with Crippen molar-refractivity contribution < 1.29 is 18.3 Å². The number of rotatable bonds is 10. The largest absolute Gasteiger partial charge is 0.488 e. The minimum absolute atomic E-state index is 0. The molecule has 0 aromatic heterocycles. The maximum atomic E-state index is 12.2. The van der Waals surface area contributed by atoms with Crippen molar-refractivity contribution in [3.05, 3.63) is 29.8 Å². The Labute approximate surface area is 175 Å². The highest BCUT2D eigenvalue weighted by atomic mass is 127. The van der Waals surface area contributed by atoms with Crippen LogP contribution in [0.15, 0.2) is 29.3 Å². The molecule has 9 heteroatoms. The molecule has 0 atom stereocenters. The van der Waals surface area contributed by atoms with Crippen molar-refractivity contribution in [2.24, 2.45) is 10.9 Å². The summed E-state index contributed by atoms with van der Waals surface area (Å²) in [7, 11) is 0. The van der Waals surface area contributed by atoms with E-state index < -0.39 is 13.0 Å². The van der Waals surface area contributed by atoms with Gasteiger partial charge in [-0.15, -0.1) is 24.0 Å². The molecule has 1 aromatic carbocycles. The predicted molar refractivity (Wildman–Crippen MR) is 112 cm³/mol. The van der Waals surface area contributed by atoms with Crippen molar-refractivity contribution in [1.82, 2.24) is 16.0 Å². The summed E-state index contributed by atoms with van der Waals surface area (Å²) in [4.78, 5) is 16.0. The third-order valence-corrected chi connectivity index (χ3v) is 3.70. The molecule has 1 aliphatic carbocycles. The molecule has 3 N–H and O–H groups in total. The lowest BCUT2D eigenvalue weighted by Crippen LogP contribution is -2.41. The number of guanidine groups is 1. The summed E-state index contributed by atoms with van der Waals surface area (Å²) < 4.78 is 29.4. The van der Waals surface area contributed by atoms with Crippen LogP contribution >= 0.6 is 24.0 Å². The summed E-state index contributed by atoms with van der Waals surface area (Å²) in [5.41, 5.74) is 0.857. The van der Waals surface area contributed by atoms with Crippen LogP contribution in [0.3, 0.4) is 0 Å². The first kappa shape index (κ1) is 23.4. The number of nitrogens with one attached hydrogen (secondary N) is 3. The van der Waals surface area contributed by atoms with Crippen LogP contribution < -0.4 is 20.7 Å². The van der Waals surface area contributed by atoms with E-state index in [4.69, 9.17) is 4.74 Å². The quantitative estimate of drug-likeness (QED) is 0.202. The van der Waals surface area contributed by atoms with E-state index >= 15 is 0 Å². The van der Waals surface area contributed by atoms with Crippen LogP contribution in [0.4, 0.5) is 8.78 Å². The highest BCUT2D eigenvalue weighted by Crippen LogP contribution is 2.28. The third kappa shape index (κ3) is 9.73. The average Bonchev–Trinajstić information content (AvgIpc) is 3.47. The fourth-order valence-electron chi connectivity index (χ4n) is 2.26. The number of carbonyl (C=O) groups is 1. The van der Waals surface area contributed by atoms with Gasteiger partial charge in [0.2, 0.25) is 5.91 Å².